The Balaban J connectivity index is 2.60. The lowest BCUT2D eigenvalue weighted by molar-refractivity contribution is -0.144. The van der Waals surface area contributed by atoms with Gasteiger partial charge in [0.15, 0.2) is 0 Å². The number of likely N-dealkylation sites (N-methyl/N-ethyl adjacent to an activating group) is 1. The number of rotatable bonds is 7. The Morgan fingerprint density at radius 2 is 2.00 bits per heavy atom. The number of nitrogens with one attached hydrogen (secondary N) is 1. The molecule has 1 aromatic carbocycles. The van der Waals surface area contributed by atoms with Crippen LogP contribution in [0.4, 0.5) is 5.69 Å². The molecular weight excluding hydrogens is 228 g/mol. The van der Waals surface area contributed by atoms with Crippen LogP contribution >= 0.6 is 0 Å². The molecule has 1 rings (SSSR count). The molecule has 4 nitrogen and oxygen atoms in total. The summed E-state index contributed by atoms with van der Waals surface area (Å²) in [5.41, 5.74) is 0.236. The Kier molecular flexibility index (Phi) is 5.16. The molecule has 1 atom stereocenters. The van der Waals surface area contributed by atoms with Crippen LogP contribution < -0.4 is 10.2 Å². The van der Waals surface area contributed by atoms with Gasteiger partial charge in [-0.25, -0.2) is 0 Å². The number of carboxylic acid groups (broad SMARTS) is 1. The molecular formula is C14H22N2O2. The number of para-hydroxylation sites is 1. The standard InChI is InChI=1S/C14H22N2O2/c1-4-15-14(2,13(17)18)10-11-16(3)12-8-6-5-7-9-12/h5-9,15H,4,10-11H2,1-3H3,(H,17,18). The largest absolute Gasteiger partial charge is 0.480 e. The lowest BCUT2D eigenvalue weighted by atomic mass is 9.97. The maximum Gasteiger partial charge on any atom is 0.323 e. The fourth-order valence-electron chi connectivity index (χ4n) is 1.86. The van der Waals surface area contributed by atoms with Gasteiger partial charge in [-0.2, -0.15) is 0 Å². The van der Waals surface area contributed by atoms with Crippen molar-refractivity contribution in [3.05, 3.63) is 30.3 Å². The average Bonchev–Trinajstić information content (AvgIpc) is 2.37. The number of hydrogen-bond donors (Lipinski definition) is 2. The van der Waals surface area contributed by atoms with Crippen molar-refractivity contribution in [1.82, 2.24) is 5.32 Å². The van der Waals surface area contributed by atoms with Crippen molar-refractivity contribution >= 4 is 11.7 Å². The van der Waals surface area contributed by atoms with Gasteiger partial charge >= 0.3 is 5.97 Å². The lowest BCUT2D eigenvalue weighted by Crippen LogP contribution is -2.51. The van der Waals surface area contributed by atoms with Crippen LogP contribution in [0.15, 0.2) is 30.3 Å². The van der Waals surface area contributed by atoms with E-state index < -0.39 is 11.5 Å². The summed E-state index contributed by atoms with van der Waals surface area (Å²) in [5.74, 6) is -0.800. The van der Waals surface area contributed by atoms with Crippen molar-refractivity contribution in [2.24, 2.45) is 0 Å². The second kappa shape index (κ2) is 6.40. The lowest BCUT2D eigenvalue weighted by Gasteiger charge is -2.29. The molecule has 18 heavy (non-hydrogen) atoms. The highest BCUT2D eigenvalue weighted by Gasteiger charge is 2.31. The van der Waals surface area contributed by atoms with Gasteiger partial charge in [-0.15, -0.1) is 0 Å². The number of nitrogens with zero attached hydrogens (tertiary/aromatic N) is 1. The maximum absolute atomic E-state index is 11.3. The van der Waals surface area contributed by atoms with Gasteiger partial charge in [0.1, 0.15) is 5.54 Å². The predicted octanol–water partition coefficient (Wildman–Crippen LogP) is 1.97. The number of carboxylic acids is 1. The molecule has 100 valence electrons. The van der Waals surface area contributed by atoms with Gasteiger partial charge in [0, 0.05) is 19.3 Å². The zero-order valence-electron chi connectivity index (χ0n) is 11.3. The van der Waals surface area contributed by atoms with E-state index in [1.54, 1.807) is 6.92 Å². The Bertz CT molecular complexity index is 381. The second-order valence-corrected chi connectivity index (χ2v) is 4.67. The smallest absolute Gasteiger partial charge is 0.323 e. The zero-order valence-corrected chi connectivity index (χ0v) is 11.3. The molecule has 0 aromatic heterocycles. The third kappa shape index (κ3) is 3.74. The molecule has 1 unspecified atom stereocenters. The first kappa shape index (κ1) is 14.5. The molecule has 2 N–H and O–H groups in total. The van der Waals surface area contributed by atoms with Gasteiger partial charge < -0.3 is 15.3 Å². The van der Waals surface area contributed by atoms with Crippen LogP contribution in [0.2, 0.25) is 0 Å². The van der Waals surface area contributed by atoms with Gasteiger partial charge in [0.2, 0.25) is 0 Å². The molecule has 0 spiro atoms. The van der Waals surface area contributed by atoms with Crippen molar-refractivity contribution in [1.29, 1.82) is 0 Å². The molecule has 4 heteroatoms. The number of anilines is 1. The summed E-state index contributed by atoms with van der Waals surface area (Å²) in [6, 6.07) is 9.97. The van der Waals surface area contributed by atoms with E-state index >= 15 is 0 Å². The average molecular weight is 250 g/mol. The Morgan fingerprint density at radius 3 is 2.50 bits per heavy atom. The first-order valence-corrected chi connectivity index (χ1v) is 6.24. The Morgan fingerprint density at radius 1 is 1.39 bits per heavy atom. The van der Waals surface area contributed by atoms with E-state index in [2.05, 4.69) is 10.2 Å². The highest BCUT2D eigenvalue weighted by atomic mass is 16.4. The van der Waals surface area contributed by atoms with Crippen LogP contribution in [0.5, 0.6) is 0 Å². The normalized spacial score (nSPS) is 13.9. The minimum atomic E-state index is -0.863. The SMILES string of the molecule is CCNC(C)(CCN(C)c1ccccc1)C(=O)O. The molecule has 0 heterocycles. The topological polar surface area (TPSA) is 52.6 Å². The van der Waals surface area contributed by atoms with Crippen LogP contribution in [0.1, 0.15) is 20.3 Å². The quantitative estimate of drug-likeness (QED) is 0.777. The summed E-state index contributed by atoms with van der Waals surface area (Å²) in [7, 11) is 1.98. The second-order valence-electron chi connectivity index (χ2n) is 4.67. The van der Waals surface area contributed by atoms with Crippen molar-refractivity contribution < 1.29 is 9.90 Å². The van der Waals surface area contributed by atoms with Gasteiger partial charge in [0.25, 0.3) is 0 Å². The monoisotopic (exact) mass is 250 g/mol. The molecule has 0 aliphatic rings. The summed E-state index contributed by atoms with van der Waals surface area (Å²) in [6.45, 7) is 5.00. The highest BCUT2D eigenvalue weighted by molar-refractivity contribution is 5.78. The predicted molar refractivity (Wildman–Crippen MR) is 74.0 cm³/mol. The summed E-state index contributed by atoms with van der Waals surface area (Å²) >= 11 is 0. The Hall–Kier alpha value is -1.55. The first-order valence-electron chi connectivity index (χ1n) is 6.24. The van der Waals surface area contributed by atoms with E-state index in [1.165, 1.54) is 0 Å². The minimum absolute atomic E-state index is 0.557. The van der Waals surface area contributed by atoms with E-state index in [4.69, 9.17) is 0 Å². The molecule has 0 amide bonds. The van der Waals surface area contributed by atoms with Crippen molar-refractivity contribution in [3.8, 4) is 0 Å². The molecule has 0 fully saturated rings. The summed E-state index contributed by atoms with van der Waals surface area (Å²) < 4.78 is 0. The van der Waals surface area contributed by atoms with Gasteiger partial charge in [0.05, 0.1) is 0 Å². The van der Waals surface area contributed by atoms with E-state index in [1.807, 2.05) is 44.3 Å². The van der Waals surface area contributed by atoms with Crippen LogP contribution in [0.25, 0.3) is 0 Å². The van der Waals surface area contributed by atoms with Crippen LogP contribution in [-0.2, 0) is 4.79 Å². The first-order chi connectivity index (χ1) is 8.49. The summed E-state index contributed by atoms with van der Waals surface area (Å²) in [4.78, 5) is 13.3. The molecule has 0 saturated carbocycles. The van der Waals surface area contributed by atoms with E-state index in [-0.39, 0.29) is 0 Å². The van der Waals surface area contributed by atoms with Crippen LogP contribution in [0.3, 0.4) is 0 Å². The number of benzene rings is 1. The maximum atomic E-state index is 11.3. The van der Waals surface area contributed by atoms with Crippen molar-refractivity contribution in [2.45, 2.75) is 25.8 Å². The van der Waals surface area contributed by atoms with E-state index in [9.17, 15) is 9.90 Å². The number of hydrogen-bond acceptors (Lipinski definition) is 3. The van der Waals surface area contributed by atoms with Crippen molar-refractivity contribution in [3.63, 3.8) is 0 Å². The number of carbonyl (C=O) groups is 1. The zero-order chi connectivity index (χ0) is 13.6. The van der Waals surface area contributed by atoms with Gasteiger partial charge in [-0.1, -0.05) is 25.1 Å². The van der Waals surface area contributed by atoms with Crippen LogP contribution in [0, 0.1) is 0 Å². The van der Waals surface area contributed by atoms with Gasteiger partial charge in [-0.3, -0.25) is 4.79 Å². The molecule has 0 radical (unpaired) electrons. The Labute approximate surface area is 109 Å². The summed E-state index contributed by atoms with van der Waals surface area (Å²) in [6.07, 6.45) is 0.557. The van der Waals surface area contributed by atoms with Crippen LogP contribution in [-0.4, -0.2) is 36.8 Å². The fourth-order valence-corrected chi connectivity index (χ4v) is 1.86. The van der Waals surface area contributed by atoms with E-state index in [0.29, 0.717) is 19.5 Å². The molecule has 0 saturated heterocycles. The minimum Gasteiger partial charge on any atom is -0.480 e. The summed E-state index contributed by atoms with van der Waals surface area (Å²) in [5, 5.41) is 12.3. The molecule has 1 aromatic rings. The highest BCUT2D eigenvalue weighted by Crippen LogP contribution is 2.15. The molecule has 0 aliphatic carbocycles. The molecule has 0 bridgehead atoms. The third-order valence-electron chi connectivity index (χ3n) is 3.18. The fraction of sp³-hybridized carbons (Fsp3) is 0.500. The number of aliphatic carboxylic acids is 1. The van der Waals surface area contributed by atoms with Crippen molar-refractivity contribution in [2.75, 3.05) is 25.0 Å². The van der Waals surface area contributed by atoms with E-state index in [0.717, 1.165) is 5.69 Å². The third-order valence-corrected chi connectivity index (χ3v) is 3.18. The molecule has 0 aliphatic heterocycles. The van der Waals surface area contributed by atoms with Gasteiger partial charge in [-0.05, 0) is 32.0 Å².